The number of ether oxygens (including phenoxy) is 1. The molecule has 136 valence electrons. The zero-order valence-corrected chi connectivity index (χ0v) is 16.0. The van der Waals surface area contributed by atoms with Gasteiger partial charge in [-0.2, -0.15) is 0 Å². The van der Waals surface area contributed by atoms with E-state index < -0.39 is 6.04 Å². The molecule has 0 bridgehead atoms. The molecular weight excluding hydrogens is 352 g/mol. The van der Waals surface area contributed by atoms with E-state index in [9.17, 15) is 9.59 Å². The number of hydrogen-bond acceptors (Lipinski definition) is 4. The summed E-state index contributed by atoms with van der Waals surface area (Å²) in [6.07, 6.45) is 0.0942. The van der Waals surface area contributed by atoms with Gasteiger partial charge in [0.15, 0.2) is 0 Å². The van der Waals surface area contributed by atoms with Gasteiger partial charge in [-0.3, -0.25) is 9.59 Å². The van der Waals surface area contributed by atoms with Crippen LogP contribution in [-0.2, 0) is 9.59 Å². The molecule has 1 heterocycles. The molecule has 0 saturated carbocycles. The summed E-state index contributed by atoms with van der Waals surface area (Å²) in [6, 6.07) is 8.66. The van der Waals surface area contributed by atoms with Crippen molar-refractivity contribution in [1.82, 2.24) is 0 Å². The Morgan fingerprint density at radius 3 is 2.50 bits per heavy atom. The van der Waals surface area contributed by atoms with E-state index >= 15 is 0 Å². The predicted octanol–water partition coefficient (Wildman–Crippen LogP) is 4.02. The monoisotopic (exact) mass is 372 g/mol. The lowest BCUT2D eigenvalue weighted by molar-refractivity contribution is -0.121. The Hall–Kier alpha value is -2.53. The van der Waals surface area contributed by atoms with E-state index in [0.29, 0.717) is 16.5 Å². The number of aryl methyl sites for hydroxylation is 3. The van der Waals surface area contributed by atoms with Crippen LogP contribution in [0.2, 0.25) is 5.02 Å². The zero-order chi connectivity index (χ0) is 19.0. The van der Waals surface area contributed by atoms with Crippen molar-refractivity contribution in [2.45, 2.75) is 33.2 Å². The van der Waals surface area contributed by atoms with Crippen molar-refractivity contribution in [3.63, 3.8) is 0 Å². The third-order valence-electron chi connectivity index (χ3n) is 4.56. The number of amides is 2. The number of rotatable bonds is 4. The highest BCUT2D eigenvalue weighted by atomic mass is 35.5. The van der Waals surface area contributed by atoms with Gasteiger partial charge in [0.25, 0.3) is 5.91 Å². The van der Waals surface area contributed by atoms with E-state index in [-0.39, 0.29) is 18.2 Å². The zero-order valence-electron chi connectivity index (χ0n) is 15.2. The van der Waals surface area contributed by atoms with Crippen LogP contribution in [0.15, 0.2) is 30.3 Å². The summed E-state index contributed by atoms with van der Waals surface area (Å²) in [6.45, 7) is 5.81. The average Bonchev–Trinajstić information content (AvgIpc) is 2.86. The topological polar surface area (TPSA) is 58.6 Å². The maximum atomic E-state index is 12.9. The maximum Gasteiger partial charge on any atom is 0.256 e. The molecule has 1 aliphatic rings. The van der Waals surface area contributed by atoms with Gasteiger partial charge in [-0.1, -0.05) is 29.3 Å². The Morgan fingerprint density at radius 1 is 1.12 bits per heavy atom. The van der Waals surface area contributed by atoms with Crippen LogP contribution in [-0.4, -0.2) is 25.0 Å². The molecule has 26 heavy (non-hydrogen) atoms. The van der Waals surface area contributed by atoms with Crippen LogP contribution in [0.5, 0.6) is 5.75 Å². The summed E-state index contributed by atoms with van der Waals surface area (Å²) in [5.74, 6) is -0.165. The molecule has 1 aliphatic heterocycles. The van der Waals surface area contributed by atoms with Gasteiger partial charge < -0.3 is 10.1 Å². The molecule has 1 N–H and O–H groups in total. The van der Waals surface area contributed by atoms with Gasteiger partial charge in [-0.15, -0.1) is 0 Å². The summed E-state index contributed by atoms with van der Waals surface area (Å²) in [7, 11) is 1.49. The Morgan fingerprint density at radius 2 is 1.85 bits per heavy atom. The molecule has 1 atom stereocenters. The molecule has 0 unspecified atom stereocenters. The molecule has 0 radical (unpaired) electrons. The minimum atomic E-state index is -0.607. The van der Waals surface area contributed by atoms with Crippen molar-refractivity contribution in [3.8, 4) is 5.75 Å². The van der Waals surface area contributed by atoms with Gasteiger partial charge >= 0.3 is 0 Å². The van der Waals surface area contributed by atoms with E-state index in [1.54, 1.807) is 12.1 Å². The summed E-state index contributed by atoms with van der Waals surface area (Å²) in [5, 5.41) is 3.72. The Labute approximate surface area is 157 Å². The average molecular weight is 373 g/mol. The molecule has 0 spiro atoms. The molecule has 2 aromatic carbocycles. The van der Waals surface area contributed by atoms with Crippen molar-refractivity contribution in [2.75, 3.05) is 17.3 Å². The first-order valence-corrected chi connectivity index (χ1v) is 8.74. The van der Waals surface area contributed by atoms with Crippen LogP contribution in [0, 0.1) is 20.8 Å². The second-order valence-electron chi connectivity index (χ2n) is 6.56. The lowest BCUT2D eigenvalue weighted by atomic mass is 10.1. The largest absolute Gasteiger partial charge is 0.495 e. The molecule has 6 heteroatoms. The molecule has 2 amide bonds. The number of hydrogen-bond donors (Lipinski definition) is 1. The van der Waals surface area contributed by atoms with Crippen molar-refractivity contribution >= 4 is 34.8 Å². The summed E-state index contributed by atoms with van der Waals surface area (Å²) in [4.78, 5) is 26.7. The highest BCUT2D eigenvalue weighted by Gasteiger charge is 2.41. The quantitative estimate of drug-likeness (QED) is 0.823. The summed E-state index contributed by atoms with van der Waals surface area (Å²) >= 11 is 6.13. The number of carbonyl (C=O) groups is 2. The van der Waals surface area contributed by atoms with E-state index in [0.717, 1.165) is 22.4 Å². The number of benzene rings is 2. The second kappa shape index (κ2) is 7.00. The van der Waals surface area contributed by atoms with Crippen LogP contribution >= 0.6 is 11.6 Å². The fourth-order valence-corrected chi connectivity index (χ4v) is 3.30. The normalized spacial score (nSPS) is 17.0. The van der Waals surface area contributed by atoms with Crippen LogP contribution < -0.4 is 15.0 Å². The third kappa shape index (κ3) is 3.27. The third-order valence-corrected chi connectivity index (χ3v) is 4.97. The number of nitrogens with zero attached hydrogens (tertiary/aromatic N) is 1. The van der Waals surface area contributed by atoms with Crippen molar-refractivity contribution in [1.29, 1.82) is 0 Å². The Balaban J connectivity index is 1.91. The minimum absolute atomic E-state index is 0.0942. The molecule has 1 fully saturated rings. The van der Waals surface area contributed by atoms with E-state index in [4.69, 9.17) is 16.3 Å². The number of methoxy groups -OCH3 is 1. The smallest absolute Gasteiger partial charge is 0.256 e. The molecule has 5 nitrogen and oxygen atoms in total. The van der Waals surface area contributed by atoms with E-state index in [2.05, 4.69) is 5.32 Å². The van der Waals surface area contributed by atoms with Gasteiger partial charge in [0.05, 0.1) is 19.2 Å². The first kappa shape index (κ1) is 18.3. The Kier molecular flexibility index (Phi) is 4.92. The van der Waals surface area contributed by atoms with Crippen LogP contribution in [0.3, 0.4) is 0 Å². The highest BCUT2D eigenvalue weighted by Crippen LogP contribution is 2.37. The summed E-state index contributed by atoms with van der Waals surface area (Å²) < 4.78 is 5.33. The number of imide groups is 1. The van der Waals surface area contributed by atoms with Crippen LogP contribution in [0.25, 0.3) is 0 Å². The molecule has 0 aliphatic carbocycles. The van der Waals surface area contributed by atoms with Gasteiger partial charge in [-0.05, 0) is 44.0 Å². The van der Waals surface area contributed by atoms with Gasteiger partial charge in [-0.25, -0.2) is 4.90 Å². The highest BCUT2D eigenvalue weighted by molar-refractivity contribution is 6.32. The van der Waals surface area contributed by atoms with Crippen molar-refractivity contribution in [2.24, 2.45) is 0 Å². The lowest BCUT2D eigenvalue weighted by Crippen LogP contribution is -2.35. The standard InChI is InChI=1S/C20H21ClN2O3/c1-11-5-6-15(13(3)7-11)22-16-10-19(24)23(20(16)25)17-8-12(2)14(21)9-18(17)26-4/h5-9,16,22H,10H2,1-4H3/t16-/m0/s1. The van der Waals surface area contributed by atoms with Crippen LogP contribution in [0.4, 0.5) is 11.4 Å². The maximum absolute atomic E-state index is 12.9. The fraction of sp³-hybridized carbons (Fsp3) is 0.300. The van der Waals surface area contributed by atoms with Gasteiger partial charge in [0.1, 0.15) is 11.8 Å². The number of carbonyl (C=O) groups excluding carboxylic acids is 2. The first-order chi connectivity index (χ1) is 12.3. The van der Waals surface area contributed by atoms with Gasteiger partial charge in [0, 0.05) is 16.8 Å². The number of nitrogens with one attached hydrogen (secondary N) is 1. The van der Waals surface area contributed by atoms with Gasteiger partial charge in [0.2, 0.25) is 5.91 Å². The fourth-order valence-electron chi connectivity index (χ4n) is 3.15. The summed E-state index contributed by atoms with van der Waals surface area (Å²) in [5.41, 5.74) is 4.22. The Bertz CT molecular complexity index is 895. The predicted molar refractivity (Wildman–Crippen MR) is 103 cm³/mol. The van der Waals surface area contributed by atoms with Crippen molar-refractivity contribution < 1.29 is 14.3 Å². The lowest BCUT2D eigenvalue weighted by Gasteiger charge is -2.20. The molecular formula is C20H21ClN2O3. The SMILES string of the molecule is COc1cc(Cl)c(C)cc1N1C(=O)C[C@H](Nc2ccc(C)cc2C)C1=O. The molecule has 3 rings (SSSR count). The molecule has 1 saturated heterocycles. The van der Waals surface area contributed by atoms with E-state index in [1.807, 2.05) is 39.0 Å². The van der Waals surface area contributed by atoms with E-state index in [1.165, 1.54) is 12.0 Å². The second-order valence-corrected chi connectivity index (χ2v) is 6.97. The van der Waals surface area contributed by atoms with Crippen molar-refractivity contribution in [3.05, 3.63) is 52.0 Å². The molecule has 0 aromatic heterocycles. The number of anilines is 2. The first-order valence-electron chi connectivity index (χ1n) is 8.36. The van der Waals surface area contributed by atoms with Crippen LogP contribution in [0.1, 0.15) is 23.1 Å². The minimum Gasteiger partial charge on any atom is -0.495 e. The number of halogens is 1. The molecule has 2 aromatic rings.